The highest BCUT2D eigenvalue weighted by Gasteiger charge is 2.13. The second-order valence-corrected chi connectivity index (χ2v) is 3.31. The van der Waals surface area contributed by atoms with Gasteiger partial charge in [0.05, 0.1) is 5.69 Å². The number of nitrogens with zero attached hydrogens (tertiary/aromatic N) is 1. The summed E-state index contributed by atoms with van der Waals surface area (Å²) in [4.78, 5) is 2.13. The molecule has 1 aromatic carbocycles. The van der Waals surface area contributed by atoms with Gasteiger partial charge in [0.15, 0.2) is 5.82 Å². The van der Waals surface area contributed by atoms with E-state index in [2.05, 4.69) is 11.0 Å². The standard InChI is InChI=1S/C10H12FN2/c11-9-7-8(3-4-10(9)12)13-5-1-2-6-13/h3-4H,1-2,5-6,12H2. The van der Waals surface area contributed by atoms with Gasteiger partial charge in [-0.3, -0.25) is 0 Å². The average molecular weight is 179 g/mol. The minimum Gasteiger partial charge on any atom is -0.396 e. The molecule has 1 aromatic rings. The highest BCUT2D eigenvalue weighted by molar-refractivity contribution is 5.53. The largest absolute Gasteiger partial charge is 0.396 e. The Bertz CT molecular complexity index is 306. The van der Waals surface area contributed by atoms with Crippen LogP contribution in [0.5, 0.6) is 0 Å². The maximum Gasteiger partial charge on any atom is 0.156 e. The van der Waals surface area contributed by atoms with E-state index < -0.39 is 5.82 Å². The van der Waals surface area contributed by atoms with Gasteiger partial charge in [-0.1, -0.05) is 0 Å². The van der Waals surface area contributed by atoms with Gasteiger partial charge in [0.2, 0.25) is 0 Å². The third-order valence-electron chi connectivity index (χ3n) is 2.36. The summed E-state index contributed by atoms with van der Waals surface area (Å²) >= 11 is 0. The normalized spacial score (nSPS) is 16.5. The van der Waals surface area contributed by atoms with Crippen LogP contribution < -0.4 is 10.6 Å². The van der Waals surface area contributed by atoms with E-state index in [-0.39, 0.29) is 5.69 Å². The molecular weight excluding hydrogens is 167 g/mol. The van der Waals surface area contributed by atoms with Crippen LogP contribution in [-0.4, -0.2) is 13.1 Å². The summed E-state index contributed by atoms with van der Waals surface area (Å²) in [7, 11) is 0. The first kappa shape index (κ1) is 8.35. The molecule has 1 fully saturated rings. The van der Waals surface area contributed by atoms with Gasteiger partial charge in [0.1, 0.15) is 0 Å². The number of nitrogen functional groups attached to an aromatic ring is 1. The zero-order chi connectivity index (χ0) is 9.26. The highest BCUT2D eigenvalue weighted by atomic mass is 19.1. The minimum atomic E-state index is -0.440. The molecule has 0 saturated carbocycles. The second kappa shape index (κ2) is 3.24. The lowest BCUT2D eigenvalue weighted by atomic mass is 10.2. The van der Waals surface area contributed by atoms with Gasteiger partial charge < -0.3 is 10.6 Å². The van der Waals surface area contributed by atoms with E-state index in [4.69, 9.17) is 5.73 Å². The molecule has 1 saturated heterocycles. The molecule has 2 N–H and O–H groups in total. The van der Waals surface area contributed by atoms with Crippen LogP contribution in [0.3, 0.4) is 0 Å². The highest BCUT2D eigenvalue weighted by Crippen LogP contribution is 2.22. The number of rotatable bonds is 1. The van der Waals surface area contributed by atoms with Crippen molar-refractivity contribution in [1.29, 1.82) is 0 Å². The summed E-state index contributed by atoms with van der Waals surface area (Å²) in [6.07, 6.45) is 2.36. The van der Waals surface area contributed by atoms with E-state index >= 15 is 0 Å². The van der Waals surface area contributed by atoms with E-state index in [1.807, 2.05) is 6.07 Å². The Morgan fingerprint density at radius 2 is 2.00 bits per heavy atom. The van der Waals surface area contributed by atoms with Gasteiger partial charge in [-0.2, -0.15) is 0 Å². The molecular formula is C10H12FN2. The molecule has 1 heterocycles. The van der Waals surface area contributed by atoms with E-state index in [1.54, 1.807) is 6.07 Å². The molecule has 0 spiro atoms. The van der Waals surface area contributed by atoms with Crippen LogP contribution in [0.2, 0.25) is 0 Å². The van der Waals surface area contributed by atoms with Gasteiger partial charge in [-0.05, 0) is 25.0 Å². The SMILES string of the molecule is Nc1ccc(N2CCCC2)[c]c1F. The van der Waals surface area contributed by atoms with Crippen molar-refractivity contribution in [2.75, 3.05) is 23.7 Å². The Hall–Kier alpha value is -1.25. The third kappa shape index (κ3) is 1.59. The van der Waals surface area contributed by atoms with Crippen molar-refractivity contribution in [1.82, 2.24) is 0 Å². The molecule has 0 atom stereocenters. The van der Waals surface area contributed by atoms with Crippen molar-refractivity contribution >= 4 is 11.4 Å². The number of anilines is 2. The smallest absolute Gasteiger partial charge is 0.156 e. The molecule has 0 aromatic heterocycles. The van der Waals surface area contributed by atoms with Crippen LogP contribution in [0, 0.1) is 11.9 Å². The maximum absolute atomic E-state index is 13.0. The molecule has 2 rings (SSSR count). The molecule has 69 valence electrons. The Kier molecular flexibility index (Phi) is 2.08. The van der Waals surface area contributed by atoms with E-state index in [0.717, 1.165) is 18.8 Å². The fraction of sp³-hybridized carbons (Fsp3) is 0.400. The maximum atomic E-state index is 13.0. The van der Waals surface area contributed by atoms with Crippen molar-refractivity contribution in [3.05, 3.63) is 24.0 Å². The molecule has 13 heavy (non-hydrogen) atoms. The Labute approximate surface area is 77.2 Å². The van der Waals surface area contributed by atoms with Crippen LogP contribution in [0.1, 0.15) is 12.8 Å². The zero-order valence-electron chi connectivity index (χ0n) is 7.39. The van der Waals surface area contributed by atoms with Crippen molar-refractivity contribution in [2.24, 2.45) is 0 Å². The Morgan fingerprint density at radius 3 is 2.62 bits per heavy atom. The minimum absolute atomic E-state index is 0.169. The molecule has 1 aliphatic rings. The summed E-state index contributed by atoms with van der Waals surface area (Å²) in [6, 6.07) is 6.07. The second-order valence-electron chi connectivity index (χ2n) is 3.31. The molecule has 0 unspecified atom stereocenters. The zero-order valence-corrected chi connectivity index (χ0v) is 7.39. The molecule has 0 amide bonds. The van der Waals surface area contributed by atoms with Crippen LogP contribution in [0.4, 0.5) is 15.8 Å². The van der Waals surface area contributed by atoms with Crippen molar-refractivity contribution in [2.45, 2.75) is 12.8 Å². The topological polar surface area (TPSA) is 29.3 Å². The molecule has 2 nitrogen and oxygen atoms in total. The van der Waals surface area contributed by atoms with E-state index in [0.29, 0.717) is 0 Å². The first-order valence-electron chi connectivity index (χ1n) is 4.49. The first-order valence-corrected chi connectivity index (χ1v) is 4.49. The van der Waals surface area contributed by atoms with Gasteiger partial charge >= 0.3 is 0 Å². The fourth-order valence-electron chi connectivity index (χ4n) is 1.61. The molecule has 3 heteroatoms. The Balaban J connectivity index is 2.25. The summed E-state index contributed by atoms with van der Waals surface area (Å²) in [5.41, 5.74) is 6.36. The van der Waals surface area contributed by atoms with Gasteiger partial charge in [0, 0.05) is 24.8 Å². The predicted molar refractivity (Wildman–Crippen MR) is 51.1 cm³/mol. The summed E-state index contributed by atoms with van der Waals surface area (Å²) in [5.74, 6) is -0.440. The lowest BCUT2D eigenvalue weighted by Gasteiger charge is -2.17. The van der Waals surface area contributed by atoms with Crippen molar-refractivity contribution in [3.63, 3.8) is 0 Å². The number of nitrogens with two attached hydrogens (primary N) is 1. The van der Waals surface area contributed by atoms with Crippen molar-refractivity contribution < 1.29 is 4.39 Å². The quantitative estimate of drug-likeness (QED) is 0.666. The van der Waals surface area contributed by atoms with Gasteiger partial charge in [-0.15, -0.1) is 0 Å². The van der Waals surface area contributed by atoms with Gasteiger partial charge in [-0.25, -0.2) is 4.39 Å². The number of benzene rings is 1. The summed E-state index contributed by atoms with van der Waals surface area (Å²) in [6.45, 7) is 2.00. The van der Waals surface area contributed by atoms with Crippen LogP contribution in [0.15, 0.2) is 12.1 Å². The Morgan fingerprint density at radius 1 is 1.31 bits per heavy atom. The fourth-order valence-corrected chi connectivity index (χ4v) is 1.61. The van der Waals surface area contributed by atoms with Crippen molar-refractivity contribution in [3.8, 4) is 0 Å². The van der Waals surface area contributed by atoms with E-state index in [9.17, 15) is 4.39 Å². The molecule has 0 aliphatic carbocycles. The number of hydrogen-bond acceptors (Lipinski definition) is 2. The predicted octanol–water partition coefficient (Wildman–Crippen LogP) is 1.81. The monoisotopic (exact) mass is 179 g/mol. The van der Waals surface area contributed by atoms with Crippen LogP contribution >= 0.6 is 0 Å². The molecule has 1 radical (unpaired) electrons. The van der Waals surface area contributed by atoms with Crippen LogP contribution in [-0.2, 0) is 0 Å². The molecule has 1 aliphatic heterocycles. The van der Waals surface area contributed by atoms with Crippen LogP contribution in [0.25, 0.3) is 0 Å². The first-order chi connectivity index (χ1) is 6.27. The van der Waals surface area contributed by atoms with Gasteiger partial charge in [0.25, 0.3) is 0 Å². The molecule has 0 bridgehead atoms. The lowest BCUT2D eigenvalue weighted by molar-refractivity contribution is 0.629. The lowest BCUT2D eigenvalue weighted by Crippen LogP contribution is -2.17. The number of halogens is 1. The number of hydrogen-bond donors (Lipinski definition) is 1. The third-order valence-corrected chi connectivity index (χ3v) is 2.36. The summed E-state index contributed by atoms with van der Waals surface area (Å²) < 4.78 is 13.0. The summed E-state index contributed by atoms with van der Waals surface area (Å²) in [5, 5.41) is 0. The van der Waals surface area contributed by atoms with E-state index in [1.165, 1.54) is 12.8 Å². The average Bonchev–Trinajstić information content (AvgIpc) is 2.62.